The number of anilines is 1. The number of carbonyl (C=O) groups excluding carboxylic acids is 1. The largest absolute Gasteiger partial charge is 0.324 e. The summed E-state index contributed by atoms with van der Waals surface area (Å²) in [5, 5.41) is 2.85. The van der Waals surface area contributed by atoms with Crippen LogP contribution in [0.3, 0.4) is 0 Å². The molecule has 0 heterocycles. The Morgan fingerprint density at radius 1 is 1.21 bits per heavy atom. The molecule has 1 amide bonds. The molecule has 4 heteroatoms. The molecule has 1 N–H and O–H groups in total. The van der Waals surface area contributed by atoms with Gasteiger partial charge in [0.25, 0.3) is 0 Å². The van der Waals surface area contributed by atoms with Crippen LogP contribution in [0.1, 0.15) is 51.0 Å². The Balaban J connectivity index is 2.30. The molecule has 1 aliphatic rings. The highest BCUT2D eigenvalue weighted by atomic mass is 79.9. The van der Waals surface area contributed by atoms with Crippen LogP contribution < -0.4 is 5.32 Å². The first-order valence-electron chi connectivity index (χ1n) is 6.75. The van der Waals surface area contributed by atoms with Crippen LogP contribution in [0.5, 0.6) is 0 Å². The number of benzene rings is 1. The van der Waals surface area contributed by atoms with Crippen molar-refractivity contribution in [3.8, 4) is 0 Å². The average Bonchev–Trinajstić information content (AvgIpc) is 2.34. The van der Waals surface area contributed by atoms with Crippen molar-refractivity contribution >= 4 is 43.5 Å². The van der Waals surface area contributed by atoms with E-state index in [1.54, 1.807) is 0 Å². The number of carbonyl (C=O) groups is 1. The molecule has 2 rings (SSSR count). The number of nitrogens with one attached hydrogen (secondary N) is 1. The van der Waals surface area contributed by atoms with E-state index in [2.05, 4.69) is 56.2 Å². The first kappa shape index (κ1) is 15.0. The summed E-state index contributed by atoms with van der Waals surface area (Å²) in [6, 6.07) is 4.31. The summed E-state index contributed by atoms with van der Waals surface area (Å²) in [5.74, 6) is 1.31. The zero-order valence-electron chi connectivity index (χ0n) is 11.3. The molecule has 1 saturated carbocycles. The molecular formula is C15H19Br2NO. The molecule has 19 heavy (non-hydrogen) atoms. The summed E-state index contributed by atoms with van der Waals surface area (Å²) in [6.07, 6.45) is 5.24. The van der Waals surface area contributed by atoms with Crippen molar-refractivity contribution in [3.05, 3.63) is 26.6 Å². The topological polar surface area (TPSA) is 29.1 Å². The van der Waals surface area contributed by atoms with E-state index >= 15 is 0 Å². The zero-order chi connectivity index (χ0) is 14.0. The predicted molar refractivity (Wildman–Crippen MR) is 86.5 cm³/mol. The third-order valence-electron chi connectivity index (χ3n) is 3.91. The number of halogens is 2. The third-order valence-corrected chi connectivity index (χ3v) is 5.16. The standard InChI is InChI=1S/C15H19Br2NO/c1-9-5-3-4-6-12(9)11-7-13(16)15(14(17)8-11)18-10(2)19/h7-9,12H,3-6H2,1-2H3,(H,18,19)/t9-,12-/m0/s1. The molecule has 0 aromatic heterocycles. The van der Waals surface area contributed by atoms with E-state index in [-0.39, 0.29) is 5.91 Å². The fourth-order valence-corrected chi connectivity index (χ4v) is 4.33. The molecule has 0 unspecified atom stereocenters. The van der Waals surface area contributed by atoms with Crippen LogP contribution in [0.4, 0.5) is 5.69 Å². The molecule has 2 nitrogen and oxygen atoms in total. The van der Waals surface area contributed by atoms with Crippen molar-refractivity contribution in [2.24, 2.45) is 5.92 Å². The summed E-state index contributed by atoms with van der Waals surface area (Å²) < 4.78 is 1.90. The monoisotopic (exact) mass is 387 g/mol. The fourth-order valence-electron chi connectivity index (χ4n) is 2.91. The molecule has 0 spiro atoms. The second kappa shape index (κ2) is 6.40. The maximum atomic E-state index is 11.2. The van der Waals surface area contributed by atoms with Crippen molar-refractivity contribution in [3.63, 3.8) is 0 Å². The predicted octanol–water partition coefficient (Wildman–Crippen LogP) is 5.46. The van der Waals surface area contributed by atoms with E-state index in [4.69, 9.17) is 0 Å². The van der Waals surface area contributed by atoms with Crippen molar-refractivity contribution in [2.75, 3.05) is 5.32 Å². The Kier molecular flexibility index (Phi) is 5.07. The Morgan fingerprint density at radius 3 is 2.32 bits per heavy atom. The van der Waals surface area contributed by atoms with Gasteiger partial charge in [-0.3, -0.25) is 4.79 Å². The van der Waals surface area contributed by atoms with Gasteiger partial charge in [-0.2, -0.15) is 0 Å². The zero-order valence-corrected chi connectivity index (χ0v) is 14.5. The fraction of sp³-hybridized carbons (Fsp3) is 0.533. The highest BCUT2D eigenvalue weighted by molar-refractivity contribution is 9.11. The lowest BCUT2D eigenvalue weighted by molar-refractivity contribution is -0.114. The minimum atomic E-state index is -0.0554. The number of hydrogen-bond acceptors (Lipinski definition) is 1. The van der Waals surface area contributed by atoms with E-state index in [1.165, 1.54) is 38.2 Å². The van der Waals surface area contributed by atoms with Crippen LogP contribution >= 0.6 is 31.9 Å². The van der Waals surface area contributed by atoms with Crippen molar-refractivity contribution in [2.45, 2.75) is 45.4 Å². The molecule has 0 bridgehead atoms. The van der Waals surface area contributed by atoms with Gasteiger partial charge in [0, 0.05) is 15.9 Å². The molecular weight excluding hydrogens is 370 g/mol. The Labute approximate surface area is 131 Å². The summed E-state index contributed by atoms with van der Waals surface area (Å²) >= 11 is 7.14. The molecule has 1 fully saturated rings. The SMILES string of the molecule is CC(=O)Nc1c(Br)cc([C@H]2CCCC[C@@H]2C)cc1Br. The van der Waals surface area contributed by atoms with Crippen LogP contribution in [-0.4, -0.2) is 5.91 Å². The third kappa shape index (κ3) is 3.60. The van der Waals surface area contributed by atoms with Crippen molar-refractivity contribution < 1.29 is 4.79 Å². The summed E-state index contributed by atoms with van der Waals surface area (Å²) in [7, 11) is 0. The lowest BCUT2D eigenvalue weighted by Gasteiger charge is -2.29. The van der Waals surface area contributed by atoms with E-state index in [1.807, 2.05) is 0 Å². The summed E-state index contributed by atoms with van der Waals surface area (Å²) in [6.45, 7) is 3.86. The van der Waals surface area contributed by atoms with Gasteiger partial charge in [-0.25, -0.2) is 0 Å². The maximum Gasteiger partial charge on any atom is 0.221 e. The summed E-state index contributed by atoms with van der Waals surface area (Å²) in [4.78, 5) is 11.2. The number of rotatable bonds is 2. The lowest BCUT2D eigenvalue weighted by Crippen LogP contribution is -2.15. The highest BCUT2D eigenvalue weighted by Gasteiger charge is 2.24. The Hall–Kier alpha value is -0.350. The minimum absolute atomic E-state index is 0.0554. The molecule has 1 aliphatic carbocycles. The minimum Gasteiger partial charge on any atom is -0.324 e. The molecule has 0 radical (unpaired) electrons. The van der Waals surface area contributed by atoms with E-state index in [0.717, 1.165) is 20.6 Å². The molecule has 0 aliphatic heterocycles. The van der Waals surface area contributed by atoms with E-state index in [9.17, 15) is 4.79 Å². The second-order valence-corrected chi connectivity index (χ2v) is 7.12. The first-order chi connectivity index (χ1) is 8.99. The highest BCUT2D eigenvalue weighted by Crippen LogP contribution is 2.41. The van der Waals surface area contributed by atoms with Crippen LogP contribution in [-0.2, 0) is 4.79 Å². The second-order valence-electron chi connectivity index (χ2n) is 5.41. The van der Waals surface area contributed by atoms with Gasteiger partial charge in [-0.1, -0.05) is 26.2 Å². The van der Waals surface area contributed by atoms with Crippen LogP contribution in [0, 0.1) is 5.92 Å². The Morgan fingerprint density at radius 2 is 1.79 bits per heavy atom. The van der Waals surface area contributed by atoms with Crippen LogP contribution in [0.15, 0.2) is 21.1 Å². The van der Waals surface area contributed by atoms with Crippen LogP contribution in [0.2, 0.25) is 0 Å². The van der Waals surface area contributed by atoms with E-state index in [0.29, 0.717) is 5.92 Å². The van der Waals surface area contributed by atoms with Gasteiger partial charge in [0.15, 0.2) is 0 Å². The number of amides is 1. The molecule has 1 aromatic rings. The lowest BCUT2D eigenvalue weighted by atomic mass is 9.76. The molecule has 0 saturated heterocycles. The van der Waals surface area contributed by atoms with Gasteiger partial charge in [-0.15, -0.1) is 0 Å². The first-order valence-corrected chi connectivity index (χ1v) is 8.34. The maximum absolute atomic E-state index is 11.2. The van der Waals surface area contributed by atoms with Gasteiger partial charge in [0.05, 0.1) is 5.69 Å². The van der Waals surface area contributed by atoms with Gasteiger partial charge in [0.2, 0.25) is 5.91 Å². The van der Waals surface area contributed by atoms with Crippen molar-refractivity contribution in [1.29, 1.82) is 0 Å². The average molecular weight is 389 g/mol. The molecule has 104 valence electrons. The Bertz CT molecular complexity index is 464. The summed E-state index contributed by atoms with van der Waals surface area (Å²) in [5.41, 5.74) is 2.18. The van der Waals surface area contributed by atoms with Gasteiger partial charge in [0.1, 0.15) is 0 Å². The van der Waals surface area contributed by atoms with Gasteiger partial charge >= 0.3 is 0 Å². The van der Waals surface area contributed by atoms with Gasteiger partial charge < -0.3 is 5.32 Å². The van der Waals surface area contributed by atoms with Crippen LogP contribution in [0.25, 0.3) is 0 Å². The van der Waals surface area contributed by atoms with Crippen molar-refractivity contribution in [1.82, 2.24) is 0 Å². The van der Waals surface area contributed by atoms with Gasteiger partial charge in [-0.05, 0) is 67.8 Å². The smallest absolute Gasteiger partial charge is 0.221 e. The molecule has 2 atom stereocenters. The molecule has 1 aromatic carbocycles. The number of hydrogen-bond donors (Lipinski definition) is 1. The normalized spacial score (nSPS) is 23.2. The quantitative estimate of drug-likeness (QED) is 0.715. The van der Waals surface area contributed by atoms with E-state index < -0.39 is 0 Å².